The summed E-state index contributed by atoms with van der Waals surface area (Å²) in [5.74, 6) is 0. The van der Waals surface area contributed by atoms with Gasteiger partial charge in [0, 0.05) is 33.2 Å². The van der Waals surface area contributed by atoms with Crippen molar-refractivity contribution in [2.45, 2.75) is 5.41 Å². The lowest BCUT2D eigenvalue weighted by Crippen LogP contribution is -2.28. The van der Waals surface area contributed by atoms with Gasteiger partial charge in [-0.15, -0.1) is 0 Å². The highest BCUT2D eigenvalue weighted by molar-refractivity contribution is 6.19. The van der Waals surface area contributed by atoms with Crippen molar-refractivity contribution in [1.82, 2.24) is 0 Å². The number of nitrogens with zero attached hydrogens (tertiary/aromatic N) is 1. The van der Waals surface area contributed by atoms with E-state index < -0.39 is 5.41 Å². The Kier molecular flexibility index (Phi) is 8.15. The molecule has 2 nitrogen and oxygen atoms in total. The zero-order valence-corrected chi connectivity index (χ0v) is 36.4. The lowest BCUT2D eigenvalue weighted by Gasteiger charge is -2.35. The fourth-order valence-electron chi connectivity index (χ4n) is 10.6. The van der Waals surface area contributed by atoms with Crippen LogP contribution in [0.5, 0.6) is 0 Å². The van der Waals surface area contributed by atoms with Crippen molar-refractivity contribution in [1.29, 1.82) is 0 Å². The summed E-state index contributed by atoms with van der Waals surface area (Å²) in [5.41, 5.74) is 13.9. The Morgan fingerprint density at radius 1 is 0.358 bits per heavy atom. The van der Waals surface area contributed by atoms with E-state index >= 15 is 0 Å². The Bertz CT molecular complexity index is 3970. The molecule has 0 bridgehead atoms. The highest BCUT2D eigenvalue weighted by Crippen LogP contribution is 2.57. The van der Waals surface area contributed by atoms with Crippen LogP contribution in [0.15, 0.2) is 265 Å². The summed E-state index contributed by atoms with van der Waals surface area (Å²) in [5, 5.41) is 4.16. The molecule has 2 heteroatoms. The van der Waals surface area contributed by atoms with Crippen molar-refractivity contribution in [3.63, 3.8) is 0 Å². The van der Waals surface area contributed by atoms with Gasteiger partial charge < -0.3 is 9.32 Å². The molecule has 1 aliphatic rings. The highest BCUT2D eigenvalue weighted by Gasteiger charge is 2.46. The summed E-state index contributed by atoms with van der Waals surface area (Å²) in [4.78, 5) is 1.93. The predicted molar refractivity (Wildman–Crippen MR) is 280 cm³/mol. The van der Waals surface area contributed by atoms with Crippen LogP contribution < -0.4 is 4.90 Å². The van der Waals surface area contributed by atoms with Crippen LogP contribution in [0.3, 0.4) is 0 Å². The van der Waals surface area contributed by atoms with Crippen LogP contribution in [0.25, 0.3) is 77.2 Å². The minimum absolute atomic E-state index is 0.118. The van der Waals surface area contributed by atoms with E-state index in [1.54, 1.807) is 0 Å². The monoisotopic (exact) mass is 857 g/mol. The minimum atomic E-state index is -0.718. The standard InChI is InChI=1S/C65H43NO/c1-4-16-44(17-5-1)45-30-32-46(33-31-45)47-34-37-52(38-35-47)66(53-24-14-19-49(42-53)55-27-15-29-62-63(55)59-40-36-48-18-10-11-25-56(48)64(59)67-62)54-39-41-58-57-26-12-13-28-60(57)65(61(58)43-54,50-20-6-2-7-21-50)51-22-8-3-9-23-51/h1-43H/i34D,35D,37D,38D. The van der Waals surface area contributed by atoms with E-state index in [1.807, 2.05) is 108 Å². The summed E-state index contributed by atoms with van der Waals surface area (Å²) < 4.78 is 45.9. The number of benzene rings is 11. The lowest BCUT2D eigenvalue weighted by molar-refractivity contribution is 0.673. The molecule has 0 fully saturated rings. The molecule has 13 rings (SSSR count). The first-order valence-corrected chi connectivity index (χ1v) is 22.8. The van der Waals surface area contributed by atoms with Crippen LogP contribution in [0.2, 0.25) is 0 Å². The molecular formula is C65H43NO. The van der Waals surface area contributed by atoms with Crippen LogP contribution >= 0.6 is 0 Å². The molecule has 1 heterocycles. The van der Waals surface area contributed by atoms with E-state index in [4.69, 9.17) is 4.42 Å². The van der Waals surface area contributed by atoms with E-state index in [9.17, 15) is 5.48 Å². The number of rotatable bonds is 8. The van der Waals surface area contributed by atoms with Gasteiger partial charge in [0.25, 0.3) is 0 Å². The average molecular weight is 858 g/mol. The second-order valence-corrected chi connectivity index (χ2v) is 17.3. The third kappa shape index (κ3) is 6.26. The van der Waals surface area contributed by atoms with Gasteiger partial charge in [-0.2, -0.15) is 0 Å². The average Bonchev–Trinajstić information content (AvgIpc) is 3.97. The van der Waals surface area contributed by atoms with Gasteiger partial charge in [0.15, 0.2) is 0 Å². The Labute approximate surface area is 395 Å². The van der Waals surface area contributed by atoms with E-state index in [0.29, 0.717) is 16.9 Å². The first-order chi connectivity index (χ1) is 34.9. The van der Waals surface area contributed by atoms with Crippen LogP contribution in [0.1, 0.15) is 27.7 Å². The predicted octanol–water partition coefficient (Wildman–Crippen LogP) is 17.6. The molecule has 314 valence electrons. The fraction of sp³-hybridized carbons (Fsp3) is 0.0154. The molecule has 0 aliphatic heterocycles. The van der Waals surface area contributed by atoms with Gasteiger partial charge in [0.05, 0.1) is 10.9 Å². The second kappa shape index (κ2) is 15.8. The van der Waals surface area contributed by atoms with Gasteiger partial charge in [0.1, 0.15) is 11.2 Å². The maximum atomic E-state index is 9.95. The number of anilines is 3. The van der Waals surface area contributed by atoms with E-state index in [0.717, 1.165) is 88.3 Å². The molecule has 0 unspecified atom stereocenters. The van der Waals surface area contributed by atoms with Crippen molar-refractivity contribution in [3.8, 4) is 44.5 Å². The molecule has 11 aromatic carbocycles. The smallest absolute Gasteiger partial charge is 0.143 e. The van der Waals surface area contributed by atoms with Crippen molar-refractivity contribution in [2.24, 2.45) is 0 Å². The Morgan fingerprint density at radius 2 is 0.940 bits per heavy atom. The molecule has 0 N–H and O–H groups in total. The quantitative estimate of drug-likeness (QED) is 0.151. The third-order valence-electron chi connectivity index (χ3n) is 13.6. The Morgan fingerprint density at radius 3 is 1.70 bits per heavy atom. The summed E-state index contributed by atoms with van der Waals surface area (Å²) in [6, 6.07) is 80.5. The molecule has 0 amide bonds. The Hall–Kier alpha value is -8.72. The van der Waals surface area contributed by atoms with E-state index in [2.05, 4.69) is 133 Å². The van der Waals surface area contributed by atoms with Crippen LogP contribution in [-0.2, 0) is 5.41 Å². The van der Waals surface area contributed by atoms with Gasteiger partial charge in [-0.05, 0) is 121 Å². The molecule has 0 atom stereocenters. The number of fused-ring (bicyclic) bond motifs is 8. The molecule has 12 aromatic rings. The maximum absolute atomic E-state index is 9.95. The molecule has 1 aliphatic carbocycles. The van der Waals surface area contributed by atoms with Gasteiger partial charge >= 0.3 is 0 Å². The van der Waals surface area contributed by atoms with Gasteiger partial charge in [-0.3, -0.25) is 0 Å². The molecule has 0 saturated heterocycles. The Balaban J connectivity index is 1.05. The first kappa shape index (κ1) is 34.7. The maximum Gasteiger partial charge on any atom is 0.143 e. The number of hydrogen-bond acceptors (Lipinski definition) is 2. The second-order valence-electron chi connectivity index (χ2n) is 17.3. The first-order valence-electron chi connectivity index (χ1n) is 24.8. The molecule has 0 spiro atoms. The summed E-state index contributed by atoms with van der Waals surface area (Å²) >= 11 is 0. The van der Waals surface area contributed by atoms with Crippen molar-refractivity contribution >= 4 is 49.8 Å². The van der Waals surface area contributed by atoms with E-state index in [-0.39, 0.29) is 35.4 Å². The van der Waals surface area contributed by atoms with Gasteiger partial charge in [-0.25, -0.2) is 0 Å². The van der Waals surface area contributed by atoms with E-state index in [1.165, 1.54) is 0 Å². The minimum Gasteiger partial charge on any atom is -0.455 e. The van der Waals surface area contributed by atoms with Crippen LogP contribution in [0, 0.1) is 0 Å². The molecule has 1 aromatic heterocycles. The number of furan rings is 1. The van der Waals surface area contributed by atoms with Gasteiger partial charge in [0.2, 0.25) is 0 Å². The number of hydrogen-bond donors (Lipinski definition) is 0. The summed E-state index contributed by atoms with van der Waals surface area (Å²) in [6.45, 7) is 0. The normalized spacial score (nSPS) is 13.4. The molecular weight excluding hydrogens is 811 g/mol. The zero-order chi connectivity index (χ0) is 47.8. The molecule has 0 saturated carbocycles. The van der Waals surface area contributed by atoms with Crippen molar-refractivity contribution in [3.05, 3.63) is 283 Å². The zero-order valence-electron chi connectivity index (χ0n) is 40.4. The van der Waals surface area contributed by atoms with Crippen molar-refractivity contribution < 1.29 is 9.90 Å². The molecule has 67 heavy (non-hydrogen) atoms. The molecule has 0 radical (unpaired) electrons. The van der Waals surface area contributed by atoms with Crippen LogP contribution in [0.4, 0.5) is 17.1 Å². The summed E-state index contributed by atoms with van der Waals surface area (Å²) in [6.07, 6.45) is 0. The van der Waals surface area contributed by atoms with Crippen molar-refractivity contribution in [2.75, 3.05) is 4.90 Å². The topological polar surface area (TPSA) is 16.4 Å². The van der Waals surface area contributed by atoms with Gasteiger partial charge in [-0.1, -0.05) is 212 Å². The third-order valence-corrected chi connectivity index (χ3v) is 13.6. The SMILES string of the molecule is [2H]c1c([2H])c(N(c2cccc(-c3cccc4oc5c6ccccc6ccc5c34)c2)c2ccc3c(c2)C(c2ccccc2)(c2ccccc2)c2ccccc2-3)c([2H])c([2H])c1-c1ccc(-c2ccccc2)cc1. The lowest BCUT2D eigenvalue weighted by atomic mass is 9.67. The largest absolute Gasteiger partial charge is 0.455 e. The fourth-order valence-corrected chi connectivity index (χ4v) is 10.6. The highest BCUT2D eigenvalue weighted by atomic mass is 16.3. The van der Waals surface area contributed by atoms with Crippen LogP contribution in [-0.4, -0.2) is 0 Å². The summed E-state index contributed by atoms with van der Waals surface area (Å²) in [7, 11) is 0.